The van der Waals surface area contributed by atoms with Crippen LogP contribution in [-0.4, -0.2) is 30.9 Å². The van der Waals surface area contributed by atoms with Crippen molar-refractivity contribution in [3.63, 3.8) is 0 Å². The van der Waals surface area contributed by atoms with E-state index in [4.69, 9.17) is 4.74 Å². The van der Waals surface area contributed by atoms with Crippen LogP contribution in [0.15, 0.2) is 27.8 Å². The second-order valence-electron chi connectivity index (χ2n) is 6.04. The number of methoxy groups -OCH3 is 1. The van der Waals surface area contributed by atoms with Crippen LogP contribution < -0.4 is 16.0 Å². The lowest BCUT2D eigenvalue weighted by molar-refractivity contribution is 0.373. The topological polar surface area (TPSA) is 91.3 Å². The van der Waals surface area contributed by atoms with Gasteiger partial charge in [0.1, 0.15) is 5.82 Å². The van der Waals surface area contributed by atoms with Gasteiger partial charge in [0, 0.05) is 20.1 Å². The van der Waals surface area contributed by atoms with Crippen LogP contribution in [0.3, 0.4) is 0 Å². The summed E-state index contributed by atoms with van der Waals surface area (Å²) in [6.07, 6.45) is 3.56. The number of hydrogen-bond donors (Lipinski definition) is 1. The zero-order valence-electron chi connectivity index (χ0n) is 15.8. The lowest BCUT2D eigenvalue weighted by atomic mass is 10.2. The highest BCUT2D eigenvalue weighted by Gasteiger charge is 2.17. The third kappa shape index (κ3) is 3.03. The second kappa shape index (κ2) is 7.14. The summed E-state index contributed by atoms with van der Waals surface area (Å²) in [7, 11) is 3.23. The Morgan fingerprint density at radius 2 is 1.85 bits per heavy atom. The highest BCUT2D eigenvalue weighted by molar-refractivity contribution is 5.77. The molecule has 0 spiro atoms. The molecule has 1 aromatic carbocycles. The van der Waals surface area contributed by atoms with Gasteiger partial charge in [0.25, 0.3) is 5.56 Å². The van der Waals surface area contributed by atoms with E-state index in [-0.39, 0.29) is 17.0 Å². The van der Waals surface area contributed by atoms with Crippen molar-refractivity contribution in [2.24, 2.45) is 7.05 Å². The lowest BCUT2D eigenvalue weighted by Gasteiger charge is -2.08. The third-order valence-electron chi connectivity index (χ3n) is 4.54. The van der Waals surface area contributed by atoms with E-state index in [1.54, 1.807) is 48.9 Å². The molecule has 3 aromatic rings. The quantitative estimate of drug-likeness (QED) is 0.740. The number of imidazole rings is 1. The zero-order chi connectivity index (χ0) is 19.7. The maximum atomic E-state index is 12.7. The number of aromatic hydroxyl groups is 1. The van der Waals surface area contributed by atoms with Gasteiger partial charge >= 0.3 is 5.69 Å². The number of rotatable bonds is 5. The molecule has 0 bridgehead atoms. The summed E-state index contributed by atoms with van der Waals surface area (Å²) in [6, 6.07) is 4.98. The number of hydrogen-bond acceptors (Lipinski definition) is 5. The number of ether oxygens (including phenoxy) is 1. The highest BCUT2D eigenvalue weighted by atomic mass is 16.5. The van der Waals surface area contributed by atoms with Gasteiger partial charge in [-0.25, -0.2) is 9.78 Å². The maximum absolute atomic E-state index is 12.7. The summed E-state index contributed by atoms with van der Waals surface area (Å²) in [4.78, 5) is 29.7. The van der Waals surface area contributed by atoms with E-state index in [0.717, 1.165) is 5.56 Å². The first kappa shape index (κ1) is 18.5. The molecule has 2 heterocycles. The molecule has 0 atom stereocenters. The van der Waals surface area contributed by atoms with Crippen LogP contribution in [0.4, 0.5) is 0 Å². The van der Waals surface area contributed by atoms with Crippen LogP contribution in [0.1, 0.15) is 25.2 Å². The molecular formula is C19H22N4O4. The molecule has 8 nitrogen and oxygen atoms in total. The van der Waals surface area contributed by atoms with Crippen molar-refractivity contribution in [1.29, 1.82) is 0 Å². The molecule has 8 heteroatoms. The van der Waals surface area contributed by atoms with Gasteiger partial charge in [-0.3, -0.25) is 13.9 Å². The summed E-state index contributed by atoms with van der Waals surface area (Å²) < 4.78 is 9.51. The smallest absolute Gasteiger partial charge is 0.332 e. The molecular weight excluding hydrogens is 348 g/mol. The first-order chi connectivity index (χ1) is 12.9. The predicted molar refractivity (Wildman–Crippen MR) is 104 cm³/mol. The van der Waals surface area contributed by atoms with Gasteiger partial charge in [-0.1, -0.05) is 12.1 Å². The molecule has 2 aromatic heterocycles. The maximum Gasteiger partial charge on any atom is 0.332 e. The second-order valence-corrected chi connectivity index (χ2v) is 6.04. The van der Waals surface area contributed by atoms with Crippen LogP contribution in [0, 0.1) is 0 Å². The highest BCUT2D eigenvalue weighted by Crippen LogP contribution is 2.27. The number of benzene rings is 1. The summed E-state index contributed by atoms with van der Waals surface area (Å²) in [6.45, 7) is 4.34. The molecule has 0 fully saturated rings. The zero-order valence-corrected chi connectivity index (χ0v) is 15.8. The van der Waals surface area contributed by atoms with Crippen LogP contribution in [0.5, 0.6) is 11.5 Å². The van der Waals surface area contributed by atoms with Gasteiger partial charge in [-0.15, -0.1) is 0 Å². The Labute approximate surface area is 155 Å². The molecule has 0 saturated heterocycles. The molecule has 0 saturated carbocycles. The van der Waals surface area contributed by atoms with Crippen LogP contribution in [0.2, 0.25) is 0 Å². The number of fused-ring (bicyclic) bond motifs is 1. The van der Waals surface area contributed by atoms with Crippen molar-refractivity contribution in [2.45, 2.75) is 26.9 Å². The average molecular weight is 370 g/mol. The first-order valence-corrected chi connectivity index (χ1v) is 8.68. The SMILES string of the molecule is CCn1c(=O)c2c(nc(C=Cc3ccc(O)c(OC)c3)n2C)n(CC)c1=O. The summed E-state index contributed by atoms with van der Waals surface area (Å²) >= 11 is 0. The molecule has 0 aliphatic rings. The van der Waals surface area contributed by atoms with E-state index in [0.29, 0.717) is 35.8 Å². The average Bonchev–Trinajstić information content (AvgIpc) is 2.98. The molecule has 1 N–H and O–H groups in total. The number of phenols is 1. The molecule has 0 aliphatic heterocycles. The molecule has 0 amide bonds. The van der Waals surface area contributed by atoms with E-state index < -0.39 is 0 Å². The fourth-order valence-electron chi connectivity index (χ4n) is 3.06. The van der Waals surface area contributed by atoms with E-state index in [9.17, 15) is 14.7 Å². The van der Waals surface area contributed by atoms with Gasteiger partial charge in [-0.05, 0) is 37.6 Å². The van der Waals surface area contributed by atoms with Gasteiger partial charge in [0.15, 0.2) is 22.7 Å². The minimum atomic E-state index is -0.352. The molecule has 142 valence electrons. The number of aryl methyl sites for hydroxylation is 2. The van der Waals surface area contributed by atoms with E-state index in [1.807, 2.05) is 6.92 Å². The number of phenolic OH excluding ortho intramolecular Hbond substituents is 1. The Morgan fingerprint density at radius 1 is 1.15 bits per heavy atom. The van der Waals surface area contributed by atoms with Crippen molar-refractivity contribution in [3.05, 3.63) is 50.4 Å². The minimum Gasteiger partial charge on any atom is -0.504 e. The van der Waals surface area contributed by atoms with E-state index >= 15 is 0 Å². The van der Waals surface area contributed by atoms with Gasteiger partial charge in [-0.2, -0.15) is 0 Å². The normalized spacial score (nSPS) is 11.6. The standard InChI is InChI=1S/C19H22N4O4/c1-5-22-17-16(18(25)23(6-2)19(22)26)21(3)15(20-17)10-8-12-7-9-13(24)14(11-12)27-4/h7-11,24H,5-6H2,1-4H3. The molecule has 0 radical (unpaired) electrons. The van der Waals surface area contributed by atoms with E-state index in [2.05, 4.69) is 4.98 Å². The number of nitrogens with zero attached hydrogens (tertiary/aromatic N) is 4. The Balaban J connectivity index is 2.16. The fourth-order valence-corrected chi connectivity index (χ4v) is 3.06. The van der Waals surface area contributed by atoms with Gasteiger partial charge in [0.2, 0.25) is 0 Å². The van der Waals surface area contributed by atoms with Crippen molar-refractivity contribution in [3.8, 4) is 11.5 Å². The molecule has 0 unspecified atom stereocenters. The monoisotopic (exact) mass is 370 g/mol. The van der Waals surface area contributed by atoms with Crippen molar-refractivity contribution >= 4 is 23.3 Å². The van der Waals surface area contributed by atoms with Crippen LogP contribution in [-0.2, 0) is 20.1 Å². The minimum absolute atomic E-state index is 0.0597. The van der Waals surface area contributed by atoms with Crippen molar-refractivity contribution in [1.82, 2.24) is 18.7 Å². The molecule has 27 heavy (non-hydrogen) atoms. The Hall–Kier alpha value is -3.29. The summed E-state index contributed by atoms with van der Waals surface area (Å²) in [5.41, 5.74) is 0.872. The Bertz CT molecular complexity index is 1150. The Morgan fingerprint density at radius 3 is 2.48 bits per heavy atom. The Kier molecular flexibility index (Phi) is 4.89. The number of aromatic nitrogens is 4. The third-order valence-corrected chi connectivity index (χ3v) is 4.54. The lowest BCUT2D eigenvalue weighted by Crippen LogP contribution is -2.39. The summed E-state index contributed by atoms with van der Waals surface area (Å²) in [5, 5.41) is 9.69. The van der Waals surface area contributed by atoms with Gasteiger partial charge in [0.05, 0.1) is 7.11 Å². The molecule has 0 aliphatic carbocycles. The van der Waals surface area contributed by atoms with Crippen LogP contribution >= 0.6 is 0 Å². The van der Waals surface area contributed by atoms with Crippen molar-refractivity contribution in [2.75, 3.05) is 7.11 Å². The largest absolute Gasteiger partial charge is 0.504 e. The van der Waals surface area contributed by atoms with Gasteiger partial charge < -0.3 is 14.4 Å². The predicted octanol–water partition coefficient (Wildman–Crippen LogP) is 1.82. The van der Waals surface area contributed by atoms with Crippen molar-refractivity contribution < 1.29 is 9.84 Å². The van der Waals surface area contributed by atoms with Crippen LogP contribution in [0.25, 0.3) is 23.3 Å². The molecule has 3 rings (SSSR count). The first-order valence-electron chi connectivity index (χ1n) is 8.68. The summed E-state index contributed by atoms with van der Waals surface area (Å²) in [5.74, 6) is 0.974. The fraction of sp³-hybridized carbons (Fsp3) is 0.316. The van der Waals surface area contributed by atoms with E-state index in [1.165, 1.54) is 16.2 Å².